The topological polar surface area (TPSA) is 41.6 Å². The summed E-state index contributed by atoms with van der Waals surface area (Å²) in [6.45, 7) is 4.41. The third kappa shape index (κ3) is 8.50. The second kappa shape index (κ2) is 12.8. The summed E-state index contributed by atoms with van der Waals surface area (Å²) in [7, 11) is 0. The van der Waals surface area contributed by atoms with E-state index in [2.05, 4.69) is 21.7 Å². The molecule has 1 fully saturated rings. The number of nitrogens with one attached hydrogen (secondary N) is 1. The molecule has 0 radical (unpaired) electrons. The third-order valence-corrected chi connectivity index (χ3v) is 6.71. The van der Waals surface area contributed by atoms with Crippen molar-refractivity contribution in [2.24, 2.45) is 0 Å². The zero-order chi connectivity index (χ0) is 21.0. The summed E-state index contributed by atoms with van der Waals surface area (Å²) in [4.78, 5) is 15.7. The van der Waals surface area contributed by atoms with Crippen molar-refractivity contribution in [3.8, 4) is 5.75 Å². The maximum absolute atomic E-state index is 12.9. The van der Waals surface area contributed by atoms with Crippen molar-refractivity contribution in [1.29, 1.82) is 0 Å². The number of halogens is 1. The molecule has 1 aliphatic heterocycles. The highest BCUT2D eigenvalue weighted by molar-refractivity contribution is 7.99. The number of hydrogen-bond acceptors (Lipinski definition) is 5. The Labute approximate surface area is 186 Å². The fourth-order valence-electron chi connectivity index (χ4n) is 3.22. The number of carbonyl (C=O) groups excluding carboxylic acids is 1. The van der Waals surface area contributed by atoms with E-state index in [1.54, 1.807) is 23.5 Å². The SMILES string of the molecule is O=C(CSCc1ccc(F)cc1)NCC=CCOc1csc(CN2CCCCC2)c1. The van der Waals surface area contributed by atoms with Gasteiger partial charge >= 0.3 is 0 Å². The first-order valence-electron chi connectivity index (χ1n) is 10.4. The zero-order valence-corrected chi connectivity index (χ0v) is 18.8. The second-order valence-corrected chi connectivity index (χ2v) is 9.27. The molecule has 162 valence electrons. The van der Waals surface area contributed by atoms with Crippen molar-refractivity contribution >= 4 is 29.0 Å². The van der Waals surface area contributed by atoms with E-state index in [1.165, 1.54) is 61.1 Å². The van der Waals surface area contributed by atoms with E-state index in [0.29, 0.717) is 24.7 Å². The lowest BCUT2D eigenvalue weighted by molar-refractivity contribution is -0.118. The van der Waals surface area contributed by atoms with Gasteiger partial charge in [-0.2, -0.15) is 0 Å². The fraction of sp³-hybridized carbons (Fsp3) is 0.435. The number of thioether (sulfide) groups is 1. The summed E-state index contributed by atoms with van der Waals surface area (Å²) >= 11 is 3.27. The van der Waals surface area contributed by atoms with Crippen LogP contribution in [0.2, 0.25) is 0 Å². The van der Waals surface area contributed by atoms with Gasteiger partial charge in [-0.15, -0.1) is 23.1 Å². The predicted molar refractivity (Wildman–Crippen MR) is 124 cm³/mol. The quantitative estimate of drug-likeness (QED) is 0.499. The number of likely N-dealkylation sites (tertiary alicyclic amines) is 1. The summed E-state index contributed by atoms with van der Waals surface area (Å²) in [6, 6.07) is 8.50. The Bertz CT molecular complexity index is 802. The highest BCUT2D eigenvalue weighted by atomic mass is 32.2. The molecule has 4 nitrogen and oxygen atoms in total. The highest BCUT2D eigenvalue weighted by Gasteiger charge is 2.11. The van der Waals surface area contributed by atoms with Gasteiger partial charge in [-0.3, -0.25) is 9.69 Å². The smallest absolute Gasteiger partial charge is 0.230 e. The number of rotatable bonds is 11. The van der Waals surface area contributed by atoms with Crippen LogP contribution < -0.4 is 10.1 Å². The molecule has 0 atom stereocenters. The van der Waals surface area contributed by atoms with Crippen LogP contribution in [-0.4, -0.2) is 42.8 Å². The molecule has 0 aliphatic carbocycles. The number of benzene rings is 1. The van der Waals surface area contributed by atoms with E-state index in [9.17, 15) is 9.18 Å². The Kier molecular flexibility index (Phi) is 9.73. The molecule has 0 spiro atoms. The number of piperidine rings is 1. The largest absolute Gasteiger partial charge is 0.489 e. The minimum Gasteiger partial charge on any atom is -0.489 e. The summed E-state index contributed by atoms with van der Waals surface area (Å²) in [6.07, 6.45) is 7.81. The van der Waals surface area contributed by atoms with Crippen LogP contribution in [0.4, 0.5) is 4.39 Å². The molecular weight excluding hydrogens is 419 g/mol. The molecule has 0 unspecified atom stereocenters. The molecule has 3 rings (SSSR count). The molecule has 1 amide bonds. The van der Waals surface area contributed by atoms with E-state index in [-0.39, 0.29) is 11.7 Å². The van der Waals surface area contributed by atoms with Gasteiger partial charge in [0.15, 0.2) is 0 Å². The zero-order valence-electron chi connectivity index (χ0n) is 17.1. The van der Waals surface area contributed by atoms with E-state index >= 15 is 0 Å². The molecule has 1 aromatic carbocycles. The molecule has 2 heterocycles. The van der Waals surface area contributed by atoms with Crippen LogP contribution in [0.3, 0.4) is 0 Å². The number of thiophene rings is 1. The third-order valence-electron chi connectivity index (χ3n) is 4.80. The summed E-state index contributed by atoms with van der Waals surface area (Å²) < 4.78 is 18.6. The van der Waals surface area contributed by atoms with Crippen LogP contribution in [0.5, 0.6) is 5.75 Å². The van der Waals surface area contributed by atoms with Crippen molar-refractivity contribution in [3.63, 3.8) is 0 Å². The number of amides is 1. The van der Waals surface area contributed by atoms with Gasteiger partial charge in [0.05, 0.1) is 5.75 Å². The van der Waals surface area contributed by atoms with E-state index in [0.717, 1.165) is 17.9 Å². The van der Waals surface area contributed by atoms with Gasteiger partial charge in [0.2, 0.25) is 5.91 Å². The van der Waals surface area contributed by atoms with Crippen molar-refractivity contribution in [2.75, 3.05) is 32.0 Å². The average molecular weight is 449 g/mol. The van der Waals surface area contributed by atoms with Crippen LogP contribution in [0.25, 0.3) is 0 Å². The standard InChI is InChI=1S/C23H29FN2O2S2/c24-20-8-6-19(7-9-20)16-29-18-23(27)25-10-2-5-13-28-21-14-22(30-17-21)15-26-11-3-1-4-12-26/h2,5-9,14,17H,1,3-4,10-13,15-16,18H2,(H,25,27). The van der Waals surface area contributed by atoms with Gasteiger partial charge in [0.1, 0.15) is 18.2 Å². The molecular formula is C23H29FN2O2S2. The molecule has 1 N–H and O–H groups in total. The Morgan fingerprint density at radius 1 is 1.20 bits per heavy atom. The van der Waals surface area contributed by atoms with Gasteiger partial charge in [-0.25, -0.2) is 4.39 Å². The molecule has 0 saturated carbocycles. The number of hydrogen-bond donors (Lipinski definition) is 1. The molecule has 1 aromatic heterocycles. The molecule has 1 aliphatic rings. The highest BCUT2D eigenvalue weighted by Crippen LogP contribution is 2.24. The summed E-state index contributed by atoms with van der Waals surface area (Å²) in [5, 5.41) is 4.92. The lowest BCUT2D eigenvalue weighted by atomic mass is 10.1. The van der Waals surface area contributed by atoms with Crippen LogP contribution in [0.15, 0.2) is 47.9 Å². The first-order valence-corrected chi connectivity index (χ1v) is 12.4. The molecule has 30 heavy (non-hydrogen) atoms. The van der Waals surface area contributed by atoms with Crippen LogP contribution in [0.1, 0.15) is 29.7 Å². The van der Waals surface area contributed by atoms with Gasteiger partial charge in [-0.1, -0.05) is 24.6 Å². The van der Waals surface area contributed by atoms with Crippen molar-refractivity contribution in [2.45, 2.75) is 31.6 Å². The first kappa shape index (κ1) is 22.8. The molecule has 7 heteroatoms. The first-order chi connectivity index (χ1) is 14.7. The summed E-state index contributed by atoms with van der Waals surface area (Å²) in [5.74, 6) is 1.74. The maximum atomic E-state index is 12.9. The van der Waals surface area contributed by atoms with Crippen LogP contribution >= 0.6 is 23.1 Å². The average Bonchev–Trinajstić information content (AvgIpc) is 3.20. The van der Waals surface area contributed by atoms with Gasteiger partial charge in [0, 0.05) is 29.1 Å². The Morgan fingerprint density at radius 2 is 2.00 bits per heavy atom. The van der Waals surface area contributed by atoms with E-state index in [1.807, 2.05) is 12.2 Å². The second-order valence-electron chi connectivity index (χ2n) is 7.29. The van der Waals surface area contributed by atoms with E-state index < -0.39 is 0 Å². The predicted octanol–water partition coefficient (Wildman–Crippen LogP) is 4.86. The van der Waals surface area contributed by atoms with Crippen LogP contribution in [0, 0.1) is 5.82 Å². The van der Waals surface area contributed by atoms with Gasteiger partial charge in [-0.05, 0) is 55.8 Å². The maximum Gasteiger partial charge on any atom is 0.230 e. The van der Waals surface area contributed by atoms with Gasteiger partial charge in [0.25, 0.3) is 0 Å². The molecule has 0 bridgehead atoms. The van der Waals surface area contributed by atoms with E-state index in [4.69, 9.17) is 4.74 Å². The monoisotopic (exact) mass is 448 g/mol. The normalized spacial score (nSPS) is 14.8. The van der Waals surface area contributed by atoms with Gasteiger partial charge < -0.3 is 10.1 Å². The van der Waals surface area contributed by atoms with Crippen molar-refractivity contribution < 1.29 is 13.9 Å². The number of ether oxygens (including phenoxy) is 1. The lowest BCUT2D eigenvalue weighted by Crippen LogP contribution is -2.28. The van der Waals surface area contributed by atoms with Crippen molar-refractivity contribution in [3.05, 3.63) is 64.1 Å². The number of nitrogens with zero attached hydrogens (tertiary/aromatic N) is 1. The lowest BCUT2D eigenvalue weighted by Gasteiger charge is -2.25. The number of carbonyl (C=O) groups is 1. The molecule has 1 saturated heterocycles. The van der Waals surface area contributed by atoms with Crippen molar-refractivity contribution in [1.82, 2.24) is 10.2 Å². The minimum absolute atomic E-state index is 0.00660. The van der Waals surface area contributed by atoms with Crippen LogP contribution in [-0.2, 0) is 17.1 Å². The minimum atomic E-state index is -0.242. The Morgan fingerprint density at radius 3 is 2.80 bits per heavy atom. The Hall–Kier alpha value is -1.83. The summed E-state index contributed by atoms with van der Waals surface area (Å²) in [5.41, 5.74) is 1.01. The fourth-order valence-corrected chi connectivity index (χ4v) is 4.88. The molecule has 2 aromatic rings. The Balaban J connectivity index is 1.23.